The second-order valence-electron chi connectivity index (χ2n) is 5.84. The number of carboxylic acid groups (broad SMARTS) is 1. The minimum absolute atomic E-state index is 0.124. The lowest BCUT2D eigenvalue weighted by atomic mass is 9.86. The number of carbonyl (C=O) groups is 2. The molecule has 0 spiro atoms. The number of hydrogen-bond acceptors (Lipinski definition) is 2. The van der Waals surface area contributed by atoms with Crippen molar-refractivity contribution in [3.63, 3.8) is 0 Å². The predicted molar refractivity (Wildman–Crippen MR) is 84.2 cm³/mol. The van der Waals surface area contributed by atoms with Crippen molar-refractivity contribution in [2.24, 2.45) is 5.92 Å². The highest BCUT2D eigenvalue weighted by molar-refractivity contribution is 9.10. The molecule has 0 aliphatic heterocycles. The maximum atomic E-state index is 13.2. The van der Waals surface area contributed by atoms with E-state index in [-0.39, 0.29) is 38.0 Å². The molecule has 0 heterocycles. The molecule has 1 aromatic rings. The van der Waals surface area contributed by atoms with Gasteiger partial charge in [-0.2, -0.15) is 0 Å². The summed E-state index contributed by atoms with van der Waals surface area (Å²) in [5.41, 5.74) is 0.671. The molecule has 1 aliphatic carbocycles. The Morgan fingerprint density at radius 2 is 1.83 bits per heavy atom. The maximum absolute atomic E-state index is 13.2. The molecule has 0 aromatic heterocycles. The molecule has 23 heavy (non-hydrogen) atoms. The third-order valence-electron chi connectivity index (χ3n) is 4.06. The van der Waals surface area contributed by atoms with Crippen molar-refractivity contribution in [3.05, 3.63) is 34.3 Å². The largest absolute Gasteiger partial charge is 0.481 e. The summed E-state index contributed by atoms with van der Waals surface area (Å²) in [6.07, 6.45) is -0.603. The van der Waals surface area contributed by atoms with E-state index in [1.807, 2.05) is 0 Å². The Hall–Kier alpha value is -1.50. The van der Waals surface area contributed by atoms with E-state index < -0.39 is 23.9 Å². The van der Waals surface area contributed by atoms with E-state index in [4.69, 9.17) is 5.11 Å². The number of aliphatic carboxylic acids is 1. The van der Waals surface area contributed by atoms with Gasteiger partial charge in [0.15, 0.2) is 0 Å². The molecule has 0 saturated heterocycles. The zero-order chi connectivity index (χ0) is 17.0. The second-order valence-corrected chi connectivity index (χ2v) is 6.76. The standard InChI is InChI=1S/C16H18BrF2NO3/c17-12-3-1-10(2-4-12)13(9-14(21)22)20-15(23)11-5-7-16(18,19)8-6-11/h1-4,11,13H,5-9H2,(H,20,23)(H,21,22). The number of rotatable bonds is 5. The molecule has 2 rings (SSSR count). The van der Waals surface area contributed by atoms with Gasteiger partial charge in [-0.1, -0.05) is 28.1 Å². The van der Waals surface area contributed by atoms with E-state index in [2.05, 4.69) is 21.2 Å². The molecule has 1 fully saturated rings. The van der Waals surface area contributed by atoms with Gasteiger partial charge >= 0.3 is 5.97 Å². The highest BCUT2D eigenvalue weighted by atomic mass is 79.9. The fraction of sp³-hybridized carbons (Fsp3) is 0.500. The van der Waals surface area contributed by atoms with Crippen LogP contribution in [0, 0.1) is 5.92 Å². The molecule has 1 atom stereocenters. The average molecular weight is 390 g/mol. The van der Waals surface area contributed by atoms with Crippen molar-refractivity contribution in [1.82, 2.24) is 5.32 Å². The van der Waals surface area contributed by atoms with E-state index >= 15 is 0 Å². The fourth-order valence-electron chi connectivity index (χ4n) is 2.71. The van der Waals surface area contributed by atoms with Crippen LogP contribution in [-0.4, -0.2) is 22.9 Å². The van der Waals surface area contributed by atoms with Gasteiger partial charge in [0.2, 0.25) is 11.8 Å². The molecule has 1 aliphatic rings. The van der Waals surface area contributed by atoms with Crippen LogP contribution >= 0.6 is 15.9 Å². The van der Waals surface area contributed by atoms with Gasteiger partial charge in [-0.3, -0.25) is 9.59 Å². The highest BCUT2D eigenvalue weighted by Gasteiger charge is 2.37. The summed E-state index contributed by atoms with van der Waals surface area (Å²) >= 11 is 3.29. The van der Waals surface area contributed by atoms with Crippen molar-refractivity contribution < 1.29 is 23.5 Å². The second kappa shape index (κ2) is 7.38. The number of amides is 1. The summed E-state index contributed by atoms with van der Waals surface area (Å²) < 4.78 is 27.2. The zero-order valence-corrected chi connectivity index (χ0v) is 14.0. The van der Waals surface area contributed by atoms with Crippen LogP contribution in [0.4, 0.5) is 8.78 Å². The van der Waals surface area contributed by atoms with Crippen molar-refractivity contribution >= 4 is 27.8 Å². The molecule has 1 unspecified atom stereocenters. The van der Waals surface area contributed by atoms with E-state index in [0.29, 0.717) is 5.56 Å². The number of nitrogens with one attached hydrogen (secondary N) is 1. The molecule has 1 saturated carbocycles. The SMILES string of the molecule is O=C(O)CC(NC(=O)C1CCC(F)(F)CC1)c1ccc(Br)cc1. The van der Waals surface area contributed by atoms with Gasteiger partial charge in [-0.05, 0) is 30.5 Å². The van der Waals surface area contributed by atoms with Crippen molar-refractivity contribution in [3.8, 4) is 0 Å². The number of alkyl halides is 2. The Balaban J connectivity index is 2.04. The van der Waals surface area contributed by atoms with Gasteiger partial charge in [0.25, 0.3) is 0 Å². The average Bonchev–Trinajstić information content (AvgIpc) is 2.46. The first-order chi connectivity index (χ1) is 10.8. The summed E-state index contributed by atoms with van der Waals surface area (Å²) in [5.74, 6) is -4.56. The van der Waals surface area contributed by atoms with E-state index in [9.17, 15) is 18.4 Å². The molecule has 2 N–H and O–H groups in total. The van der Waals surface area contributed by atoms with Crippen LogP contribution in [0.25, 0.3) is 0 Å². The third kappa shape index (κ3) is 5.27. The van der Waals surface area contributed by atoms with Gasteiger partial charge in [-0.15, -0.1) is 0 Å². The van der Waals surface area contributed by atoms with Crippen LogP contribution in [0.1, 0.15) is 43.7 Å². The van der Waals surface area contributed by atoms with Crippen LogP contribution in [0.15, 0.2) is 28.7 Å². The fourth-order valence-corrected chi connectivity index (χ4v) is 2.98. The summed E-state index contributed by atoms with van der Waals surface area (Å²) in [4.78, 5) is 23.3. The number of hydrogen-bond donors (Lipinski definition) is 2. The quantitative estimate of drug-likeness (QED) is 0.802. The minimum atomic E-state index is -2.69. The lowest BCUT2D eigenvalue weighted by Crippen LogP contribution is -2.38. The highest BCUT2D eigenvalue weighted by Crippen LogP contribution is 2.36. The summed E-state index contributed by atoms with van der Waals surface area (Å²) in [5, 5.41) is 11.7. The van der Waals surface area contributed by atoms with Crippen molar-refractivity contribution in [2.75, 3.05) is 0 Å². The summed E-state index contributed by atoms with van der Waals surface area (Å²) in [6, 6.07) is 6.31. The number of benzene rings is 1. The zero-order valence-electron chi connectivity index (χ0n) is 12.4. The number of carbonyl (C=O) groups excluding carboxylic acids is 1. The lowest BCUT2D eigenvalue weighted by molar-refractivity contribution is -0.138. The van der Waals surface area contributed by atoms with Gasteiger partial charge < -0.3 is 10.4 Å². The Kier molecular flexibility index (Phi) is 5.73. The topological polar surface area (TPSA) is 66.4 Å². The molecule has 1 aromatic carbocycles. The Labute approximate surface area is 141 Å². The Morgan fingerprint density at radius 1 is 1.26 bits per heavy atom. The van der Waals surface area contributed by atoms with Crippen molar-refractivity contribution in [1.29, 1.82) is 0 Å². The monoisotopic (exact) mass is 389 g/mol. The number of halogens is 3. The van der Waals surface area contributed by atoms with Crippen LogP contribution in [0.5, 0.6) is 0 Å². The van der Waals surface area contributed by atoms with Crippen LogP contribution in [-0.2, 0) is 9.59 Å². The Morgan fingerprint density at radius 3 is 2.35 bits per heavy atom. The molecule has 1 amide bonds. The van der Waals surface area contributed by atoms with Crippen LogP contribution < -0.4 is 5.32 Å². The van der Waals surface area contributed by atoms with Gasteiger partial charge in [0, 0.05) is 23.2 Å². The third-order valence-corrected chi connectivity index (χ3v) is 4.58. The molecular formula is C16H18BrF2NO3. The normalized spacial score (nSPS) is 19.1. The van der Waals surface area contributed by atoms with Crippen LogP contribution in [0.3, 0.4) is 0 Å². The van der Waals surface area contributed by atoms with Gasteiger partial charge in [-0.25, -0.2) is 8.78 Å². The minimum Gasteiger partial charge on any atom is -0.481 e. The first-order valence-corrected chi connectivity index (χ1v) is 8.21. The van der Waals surface area contributed by atoms with Crippen molar-refractivity contribution in [2.45, 2.75) is 44.1 Å². The first-order valence-electron chi connectivity index (χ1n) is 7.42. The van der Waals surface area contributed by atoms with E-state index in [1.54, 1.807) is 24.3 Å². The molecule has 126 valence electrons. The molecule has 0 radical (unpaired) electrons. The van der Waals surface area contributed by atoms with Crippen LogP contribution in [0.2, 0.25) is 0 Å². The molecule has 4 nitrogen and oxygen atoms in total. The molecule has 0 bridgehead atoms. The Bertz CT molecular complexity index is 567. The summed E-state index contributed by atoms with van der Waals surface area (Å²) in [6.45, 7) is 0. The maximum Gasteiger partial charge on any atom is 0.305 e. The molecule has 7 heteroatoms. The number of carboxylic acids is 1. The van der Waals surface area contributed by atoms with Gasteiger partial charge in [0.1, 0.15) is 0 Å². The van der Waals surface area contributed by atoms with Gasteiger partial charge in [0.05, 0.1) is 12.5 Å². The smallest absolute Gasteiger partial charge is 0.305 e. The van der Waals surface area contributed by atoms with E-state index in [1.165, 1.54) is 0 Å². The first kappa shape index (κ1) is 17.8. The summed E-state index contributed by atoms with van der Waals surface area (Å²) in [7, 11) is 0. The molecular weight excluding hydrogens is 372 g/mol. The lowest BCUT2D eigenvalue weighted by Gasteiger charge is -2.29. The van der Waals surface area contributed by atoms with E-state index in [0.717, 1.165) is 4.47 Å². The predicted octanol–water partition coefficient (Wildman–Crippen LogP) is 3.91.